The van der Waals surface area contributed by atoms with Crippen LogP contribution in [0.15, 0.2) is 0 Å². The Labute approximate surface area is 99.8 Å². The fourth-order valence-corrected chi connectivity index (χ4v) is 1.29. The Balaban J connectivity index is 3.62. The van der Waals surface area contributed by atoms with Gasteiger partial charge in [-0.3, -0.25) is 9.69 Å². The van der Waals surface area contributed by atoms with Crippen molar-refractivity contribution in [1.29, 1.82) is 0 Å². The van der Waals surface area contributed by atoms with E-state index >= 15 is 0 Å². The molecule has 0 aromatic carbocycles. The molecular weight excluding hydrogens is 202 g/mol. The van der Waals surface area contributed by atoms with Gasteiger partial charge in [0.05, 0.1) is 6.54 Å². The van der Waals surface area contributed by atoms with Gasteiger partial charge in [0.2, 0.25) is 5.91 Å². The van der Waals surface area contributed by atoms with Crippen LogP contribution < -0.4 is 10.6 Å². The molecule has 0 rings (SSSR count). The highest BCUT2D eigenvalue weighted by molar-refractivity contribution is 5.78. The molecule has 0 saturated carbocycles. The predicted molar refractivity (Wildman–Crippen MR) is 68.5 cm³/mol. The van der Waals surface area contributed by atoms with Gasteiger partial charge in [-0.05, 0) is 20.4 Å². The lowest BCUT2D eigenvalue weighted by Crippen LogP contribution is -2.41. The number of hydrogen-bond acceptors (Lipinski definition) is 3. The zero-order chi connectivity index (χ0) is 12.6. The molecule has 0 aliphatic heterocycles. The minimum atomic E-state index is 0.112. The van der Waals surface area contributed by atoms with Crippen molar-refractivity contribution in [3.05, 3.63) is 0 Å². The minimum Gasteiger partial charge on any atom is -0.353 e. The van der Waals surface area contributed by atoms with Crippen molar-refractivity contribution >= 4 is 5.91 Å². The van der Waals surface area contributed by atoms with E-state index in [-0.39, 0.29) is 11.9 Å². The molecule has 0 spiro atoms. The summed E-state index contributed by atoms with van der Waals surface area (Å²) in [4.78, 5) is 13.6. The first kappa shape index (κ1) is 15.4. The summed E-state index contributed by atoms with van der Waals surface area (Å²) in [5, 5.41) is 6.29. The van der Waals surface area contributed by atoms with Gasteiger partial charge < -0.3 is 10.6 Å². The molecule has 4 nitrogen and oxygen atoms in total. The van der Waals surface area contributed by atoms with Crippen LogP contribution in [0.2, 0.25) is 0 Å². The molecule has 96 valence electrons. The zero-order valence-electron chi connectivity index (χ0n) is 11.3. The lowest BCUT2D eigenvalue weighted by Gasteiger charge is -2.19. The first-order valence-corrected chi connectivity index (χ1v) is 6.17. The highest BCUT2D eigenvalue weighted by Gasteiger charge is 2.08. The third-order valence-corrected chi connectivity index (χ3v) is 2.48. The number of amides is 1. The molecule has 0 radical (unpaired) electrons. The number of nitrogens with one attached hydrogen (secondary N) is 2. The molecule has 0 aliphatic carbocycles. The van der Waals surface area contributed by atoms with Gasteiger partial charge in [-0.15, -0.1) is 0 Å². The van der Waals surface area contributed by atoms with Crippen molar-refractivity contribution in [2.24, 2.45) is 0 Å². The number of hydrogen-bond donors (Lipinski definition) is 2. The summed E-state index contributed by atoms with van der Waals surface area (Å²) in [5.41, 5.74) is 0. The smallest absolute Gasteiger partial charge is 0.234 e. The van der Waals surface area contributed by atoms with E-state index in [1.54, 1.807) is 0 Å². The lowest BCUT2D eigenvalue weighted by atomic mass is 10.2. The second-order valence-electron chi connectivity index (χ2n) is 4.72. The average molecular weight is 229 g/mol. The third kappa shape index (κ3) is 8.68. The number of carbonyl (C=O) groups is 1. The van der Waals surface area contributed by atoms with E-state index in [1.165, 1.54) is 0 Å². The van der Waals surface area contributed by atoms with E-state index in [0.29, 0.717) is 12.6 Å². The molecule has 0 saturated heterocycles. The quantitative estimate of drug-likeness (QED) is 0.648. The van der Waals surface area contributed by atoms with Gasteiger partial charge in [0, 0.05) is 25.2 Å². The number of likely N-dealkylation sites (N-methyl/N-ethyl adjacent to an activating group) is 1. The summed E-state index contributed by atoms with van der Waals surface area (Å²) in [6, 6.07) is 0.775. The fraction of sp³-hybridized carbons (Fsp3) is 0.917. The van der Waals surface area contributed by atoms with Gasteiger partial charge in [0.15, 0.2) is 0 Å². The van der Waals surface area contributed by atoms with Gasteiger partial charge in [0.25, 0.3) is 0 Å². The zero-order valence-corrected chi connectivity index (χ0v) is 11.3. The highest BCUT2D eigenvalue weighted by atomic mass is 16.2. The van der Waals surface area contributed by atoms with E-state index < -0.39 is 0 Å². The van der Waals surface area contributed by atoms with E-state index in [1.807, 2.05) is 18.9 Å². The summed E-state index contributed by atoms with van der Waals surface area (Å²) < 4.78 is 0. The third-order valence-electron chi connectivity index (χ3n) is 2.48. The van der Waals surface area contributed by atoms with Crippen LogP contribution >= 0.6 is 0 Å². The first-order valence-electron chi connectivity index (χ1n) is 6.17. The van der Waals surface area contributed by atoms with Gasteiger partial charge in [-0.25, -0.2) is 0 Å². The van der Waals surface area contributed by atoms with Crippen LogP contribution in [0.3, 0.4) is 0 Å². The molecule has 1 atom stereocenters. The van der Waals surface area contributed by atoms with Crippen molar-refractivity contribution in [1.82, 2.24) is 15.5 Å². The maximum Gasteiger partial charge on any atom is 0.234 e. The standard InChI is InChI=1S/C12H27N3O/c1-6-11(4)14-12(16)9-15(5)8-7-13-10(2)3/h10-11,13H,6-9H2,1-5H3,(H,14,16). The Morgan fingerprint density at radius 2 is 1.94 bits per heavy atom. The van der Waals surface area contributed by atoms with Gasteiger partial charge in [0.1, 0.15) is 0 Å². The Morgan fingerprint density at radius 1 is 1.31 bits per heavy atom. The topological polar surface area (TPSA) is 44.4 Å². The largest absolute Gasteiger partial charge is 0.353 e. The number of rotatable bonds is 8. The molecule has 0 aromatic heterocycles. The predicted octanol–water partition coefficient (Wildman–Crippen LogP) is 0.831. The Hall–Kier alpha value is -0.610. The van der Waals surface area contributed by atoms with E-state index in [9.17, 15) is 4.79 Å². The maximum atomic E-state index is 11.5. The number of nitrogens with zero attached hydrogens (tertiary/aromatic N) is 1. The molecule has 0 aliphatic rings. The minimum absolute atomic E-state index is 0.112. The van der Waals surface area contributed by atoms with E-state index in [4.69, 9.17) is 0 Å². The Bertz CT molecular complexity index is 195. The number of carbonyl (C=O) groups excluding carboxylic acids is 1. The summed E-state index contributed by atoms with van der Waals surface area (Å²) >= 11 is 0. The first-order chi connectivity index (χ1) is 7.45. The monoisotopic (exact) mass is 229 g/mol. The maximum absolute atomic E-state index is 11.5. The molecule has 0 aromatic rings. The van der Waals surface area contributed by atoms with Crippen LogP contribution in [0.5, 0.6) is 0 Å². The molecule has 2 N–H and O–H groups in total. The van der Waals surface area contributed by atoms with Crippen LogP contribution in [0.25, 0.3) is 0 Å². The summed E-state index contributed by atoms with van der Waals surface area (Å²) in [6.45, 7) is 10.6. The van der Waals surface area contributed by atoms with Gasteiger partial charge in [-0.1, -0.05) is 20.8 Å². The molecule has 16 heavy (non-hydrogen) atoms. The molecule has 0 fully saturated rings. The van der Waals surface area contributed by atoms with Gasteiger partial charge in [-0.2, -0.15) is 0 Å². The molecule has 1 amide bonds. The average Bonchev–Trinajstić information content (AvgIpc) is 2.16. The van der Waals surface area contributed by atoms with Crippen molar-refractivity contribution in [3.63, 3.8) is 0 Å². The van der Waals surface area contributed by atoms with Crippen LogP contribution in [-0.2, 0) is 4.79 Å². The van der Waals surface area contributed by atoms with Crippen LogP contribution in [0, 0.1) is 0 Å². The van der Waals surface area contributed by atoms with Crippen molar-refractivity contribution < 1.29 is 4.79 Å². The van der Waals surface area contributed by atoms with Crippen LogP contribution in [-0.4, -0.2) is 49.6 Å². The summed E-state index contributed by atoms with van der Waals surface area (Å²) in [5.74, 6) is 0.112. The Morgan fingerprint density at radius 3 is 2.44 bits per heavy atom. The van der Waals surface area contributed by atoms with E-state index in [0.717, 1.165) is 19.5 Å². The van der Waals surface area contributed by atoms with Gasteiger partial charge >= 0.3 is 0 Å². The summed E-state index contributed by atoms with van der Waals surface area (Å²) in [7, 11) is 1.97. The SMILES string of the molecule is CCC(C)NC(=O)CN(C)CCNC(C)C. The van der Waals surface area contributed by atoms with Crippen LogP contribution in [0.4, 0.5) is 0 Å². The molecule has 0 heterocycles. The van der Waals surface area contributed by atoms with Crippen molar-refractivity contribution in [2.75, 3.05) is 26.7 Å². The van der Waals surface area contributed by atoms with E-state index in [2.05, 4.69) is 31.4 Å². The van der Waals surface area contributed by atoms with Crippen LogP contribution in [0.1, 0.15) is 34.1 Å². The van der Waals surface area contributed by atoms with Crippen molar-refractivity contribution in [2.45, 2.75) is 46.2 Å². The highest BCUT2D eigenvalue weighted by Crippen LogP contribution is 1.89. The summed E-state index contributed by atoms with van der Waals surface area (Å²) in [6.07, 6.45) is 0.977. The molecule has 1 unspecified atom stereocenters. The lowest BCUT2D eigenvalue weighted by molar-refractivity contribution is -0.122. The second kappa shape index (κ2) is 8.53. The normalized spacial score (nSPS) is 13.2. The fourth-order valence-electron chi connectivity index (χ4n) is 1.29. The Kier molecular flexibility index (Phi) is 8.21. The second-order valence-corrected chi connectivity index (χ2v) is 4.72. The van der Waals surface area contributed by atoms with Crippen molar-refractivity contribution in [3.8, 4) is 0 Å². The molecular formula is C12H27N3O. The molecule has 4 heteroatoms. The molecule has 0 bridgehead atoms.